The first kappa shape index (κ1) is 21.6. The minimum atomic E-state index is -0.971. The van der Waals surface area contributed by atoms with Crippen LogP contribution in [0.25, 0.3) is 5.76 Å². The molecule has 1 fully saturated rings. The van der Waals surface area contributed by atoms with E-state index in [1.54, 1.807) is 30.3 Å². The third kappa shape index (κ3) is 3.74. The number of aryl methyl sites for hydroxylation is 1. The van der Waals surface area contributed by atoms with Crippen LogP contribution >= 0.6 is 11.6 Å². The molecule has 1 saturated heterocycles. The van der Waals surface area contributed by atoms with Gasteiger partial charge in [0, 0.05) is 10.7 Å². The van der Waals surface area contributed by atoms with Gasteiger partial charge in [0.25, 0.3) is 11.7 Å². The van der Waals surface area contributed by atoms with Crippen LogP contribution in [0.3, 0.4) is 0 Å². The third-order valence-corrected chi connectivity index (χ3v) is 5.56. The average molecular weight is 452 g/mol. The Morgan fingerprint density at radius 1 is 1.06 bits per heavy atom. The molecule has 1 aliphatic rings. The van der Waals surface area contributed by atoms with Gasteiger partial charge in [-0.3, -0.25) is 14.5 Å². The number of ketones is 1. The van der Waals surface area contributed by atoms with Gasteiger partial charge in [0.1, 0.15) is 17.3 Å². The van der Waals surface area contributed by atoms with Crippen molar-refractivity contribution in [3.05, 3.63) is 99.8 Å². The highest BCUT2D eigenvalue weighted by Crippen LogP contribution is 2.43. The maximum absolute atomic E-state index is 13.6. The van der Waals surface area contributed by atoms with Crippen molar-refractivity contribution in [3.63, 3.8) is 0 Å². The molecule has 7 heteroatoms. The van der Waals surface area contributed by atoms with Crippen molar-refractivity contribution < 1.29 is 23.8 Å². The molecule has 0 aliphatic carbocycles. The van der Waals surface area contributed by atoms with Gasteiger partial charge < -0.3 is 9.84 Å². The van der Waals surface area contributed by atoms with Gasteiger partial charge in [-0.15, -0.1) is 0 Å². The van der Waals surface area contributed by atoms with E-state index < -0.39 is 29.3 Å². The second kappa shape index (κ2) is 8.48. The summed E-state index contributed by atoms with van der Waals surface area (Å²) in [6.07, 6.45) is 0. The van der Waals surface area contributed by atoms with Gasteiger partial charge in [-0.05, 0) is 60.5 Å². The van der Waals surface area contributed by atoms with Crippen LogP contribution in [-0.4, -0.2) is 23.9 Å². The van der Waals surface area contributed by atoms with E-state index >= 15 is 0 Å². The van der Waals surface area contributed by atoms with Crippen molar-refractivity contribution in [1.82, 2.24) is 0 Å². The number of ether oxygens (including phenoxy) is 1. The number of hydrogen-bond acceptors (Lipinski definition) is 4. The number of carbonyl (C=O) groups excluding carboxylic acids is 2. The van der Waals surface area contributed by atoms with Gasteiger partial charge in [-0.25, -0.2) is 4.39 Å². The van der Waals surface area contributed by atoms with E-state index in [0.717, 1.165) is 5.56 Å². The van der Waals surface area contributed by atoms with Crippen molar-refractivity contribution in [2.75, 3.05) is 12.0 Å². The van der Waals surface area contributed by atoms with Crippen LogP contribution in [0.2, 0.25) is 5.02 Å². The Morgan fingerprint density at radius 2 is 1.78 bits per heavy atom. The molecule has 0 spiro atoms. The minimum absolute atomic E-state index is 0.135. The van der Waals surface area contributed by atoms with Crippen LogP contribution in [0, 0.1) is 12.7 Å². The molecule has 1 unspecified atom stereocenters. The quantitative estimate of drug-likeness (QED) is 0.326. The highest BCUT2D eigenvalue weighted by molar-refractivity contribution is 6.51. The Labute approximate surface area is 189 Å². The van der Waals surface area contributed by atoms with Crippen molar-refractivity contribution in [2.24, 2.45) is 0 Å². The van der Waals surface area contributed by atoms with Crippen molar-refractivity contribution in [2.45, 2.75) is 13.0 Å². The van der Waals surface area contributed by atoms with E-state index in [1.165, 1.54) is 42.3 Å². The maximum atomic E-state index is 13.6. The maximum Gasteiger partial charge on any atom is 0.300 e. The normalized spacial score (nSPS) is 17.6. The minimum Gasteiger partial charge on any atom is -0.507 e. The average Bonchev–Trinajstić information content (AvgIpc) is 3.04. The molecule has 0 bridgehead atoms. The number of aliphatic hydroxyl groups excluding tert-OH is 1. The zero-order valence-corrected chi connectivity index (χ0v) is 18.1. The first-order chi connectivity index (χ1) is 15.3. The first-order valence-corrected chi connectivity index (χ1v) is 10.2. The molecule has 1 atom stereocenters. The smallest absolute Gasteiger partial charge is 0.300 e. The number of carbonyl (C=O) groups is 2. The summed E-state index contributed by atoms with van der Waals surface area (Å²) in [5, 5.41) is 11.5. The lowest BCUT2D eigenvalue weighted by atomic mass is 9.94. The van der Waals surface area contributed by atoms with Crippen LogP contribution in [0.4, 0.5) is 10.1 Å². The van der Waals surface area contributed by atoms with E-state index in [2.05, 4.69) is 0 Å². The number of nitrogens with zero attached hydrogens (tertiary/aromatic N) is 1. The van der Waals surface area contributed by atoms with Crippen molar-refractivity contribution >= 4 is 34.7 Å². The second-order valence-electron chi connectivity index (χ2n) is 7.40. The van der Waals surface area contributed by atoms with Crippen LogP contribution in [0.1, 0.15) is 22.7 Å². The van der Waals surface area contributed by atoms with Crippen LogP contribution in [0.15, 0.2) is 72.3 Å². The molecule has 4 rings (SSSR count). The molecule has 3 aromatic carbocycles. The summed E-state index contributed by atoms with van der Waals surface area (Å²) in [6.45, 7) is 1.86. The number of hydrogen-bond donors (Lipinski definition) is 1. The zero-order chi connectivity index (χ0) is 23.0. The Kier molecular flexibility index (Phi) is 5.72. The fourth-order valence-corrected chi connectivity index (χ4v) is 4.02. The predicted molar refractivity (Wildman–Crippen MR) is 120 cm³/mol. The largest absolute Gasteiger partial charge is 0.507 e. The first-order valence-electron chi connectivity index (χ1n) is 9.79. The third-order valence-electron chi connectivity index (χ3n) is 5.33. The zero-order valence-electron chi connectivity index (χ0n) is 17.3. The summed E-state index contributed by atoms with van der Waals surface area (Å²) in [7, 11) is 1.42. The number of rotatable bonds is 4. The van der Waals surface area contributed by atoms with E-state index in [1.807, 2.05) is 13.0 Å². The summed E-state index contributed by atoms with van der Waals surface area (Å²) >= 11 is 6.11. The van der Waals surface area contributed by atoms with Gasteiger partial charge in [0.15, 0.2) is 0 Å². The summed E-state index contributed by atoms with van der Waals surface area (Å²) in [6, 6.07) is 16.2. The number of Topliss-reactive ketones (excluding diaryl/α,β-unsaturated/α-hetero) is 1. The fraction of sp³-hybridized carbons (Fsp3) is 0.120. The Balaban J connectivity index is 1.99. The lowest BCUT2D eigenvalue weighted by Crippen LogP contribution is -2.29. The number of anilines is 1. The topological polar surface area (TPSA) is 66.8 Å². The van der Waals surface area contributed by atoms with Gasteiger partial charge in [-0.1, -0.05) is 35.9 Å². The Hall–Kier alpha value is -3.64. The van der Waals surface area contributed by atoms with E-state index in [4.69, 9.17) is 16.3 Å². The molecular weight excluding hydrogens is 433 g/mol. The molecule has 3 aromatic rings. The summed E-state index contributed by atoms with van der Waals surface area (Å²) in [5.74, 6) is -2.26. The standard InChI is InChI=1S/C25H19ClFNO4/c1-14-4-3-5-18(12-14)28-22(15-6-9-17(27)10-7-15)21(24(30)25(28)31)23(29)19-13-16(26)8-11-20(19)32-2/h3-13,22,29H,1-2H3/b23-21+. The van der Waals surface area contributed by atoms with Crippen LogP contribution in [0.5, 0.6) is 5.75 Å². The fourth-order valence-electron chi connectivity index (χ4n) is 3.85. The molecule has 5 nitrogen and oxygen atoms in total. The molecule has 1 heterocycles. The van der Waals surface area contributed by atoms with Crippen LogP contribution < -0.4 is 9.64 Å². The SMILES string of the molecule is COc1ccc(Cl)cc1/C(O)=C1\C(=O)C(=O)N(c2cccc(C)c2)C1c1ccc(F)cc1. The van der Waals surface area contributed by atoms with Gasteiger partial charge in [0.2, 0.25) is 0 Å². The molecule has 1 N–H and O–H groups in total. The van der Waals surface area contributed by atoms with Crippen LogP contribution in [-0.2, 0) is 9.59 Å². The summed E-state index contributed by atoms with van der Waals surface area (Å²) < 4.78 is 18.9. The molecular formula is C25H19ClFNO4. The van der Waals surface area contributed by atoms with Crippen molar-refractivity contribution in [1.29, 1.82) is 0 Å². The molecule has 0 aromatic heterocycles. The lowest BCUT2D eigenvalue weighted by molar-refractivity contribution is -0.132. The number of benzene rings is 3. The van der Waals surface area contributed by atoms with Gasteiger partial charge in [0.05, 0.1) is 24.3 Å². The Bertz CT molecular complexity index is 1250. The van der Waals surface area contributed by atoms with E-state index in [0.29, 0.717) is 16.3 Å². The van der Waals surface area contributed by atoms with Gasteiger partial charge >= 0.3 is 0 Å². The summed E-state index contributed by atoms with van der Waals surface area (Å²) in [4.78, 5) is 27.6. The molecule has 1 amide bonds. The van der Waals surface area contributed by atoms with E-state index in [9.17, 15) is 19.1 Å². The highest BCUT2D eigenvalue weighted by atomic mass is 35.5. The van der Waals surface area contributed by atoms with E-state index in [-0.39, 0.29) is 16.9 Å². The lowest BCUT2D eigenvalue weighted by Gasteiger charge is -2.26. The molecule has 0 radical (unpaired) electrons. The predicted octanol–water partition coefficient (Wildman–Crippen LogP) is 5.42. The van der Waals surface area contributed by atoms with Crippen molar-refractivity contribution in [3.8, 4) is 5.75 Å². The highest BCUT2D eigenvalue weighted by Gasteiger charge is 2.47. The molecule has 0 saturated carbocycles. The molecule has 32 heavy (non-hydrogen) atoms. The molecule has 1 aliphatic heterocycles. The molecule has 162 valence electrons. The number of halogens is 2. The number of amides is 1. The Morgan fingerprint density at radius 3 is 2.44 bits per heavy atom. The van der Waals surface area contributed by atoms with Gasteiger partial charge in [-0.2, -0.15) is 0 Å². The summed E-state index contributed by atoms with van der Waals surface area (Å²) in [5.41, 5.74) is 1.88. The number of methoxy groups -OCH3 is 1. The second-order valence-corrected chi connectivity index (χ2v) is 7.84. The monoisotopic (exact) mass is 451 g/mol. The number of aliphatic hydroxyl groups is 1.